The number of carbonyl (C=O) groups is 1. The molecular weight excluding hydrogens is 472 g/mol. The van der Waals surface area contributed by atoms with Gasteiger partial charge in [-0.15, -0.1) is 5.10 Å². The van der Waals surface area contributed by atoms with Crippen LogP contribution in [0.15, 0.2) is 83.9 Å². The Labute approximate surface area is 212 Å². The molecule has 0 radical (unpaired) electrons. The summed E-state index contributed by atoms with van der Waals surface area (Å²) in [5, 5.41) is 12.0. The van der Waals surface area contributed by atoms with Gasteiger partial charge in [0.15, 0.2) is 5.65 Å². The molecule has 0 aliphatic heterocycles. The Kier molecular flexibility index (Phi) is 6.71. The number of aromatic nitrogens is 5. The molecule has 0 spiro atoms. The lowest BCUT2D eigenvalue weighted by Crippen LogP contribution is -2.27. The Bertz CT molecular complexity index is 1600. The van der Waals surface area contributed by atoms with Crippen LogP contribution in [0.4, 0.5) is 0 Å². The molecule has 0 atom stereocenters. The summed E-state index contributed by atoms with van der Waals surface area (Å²) in [6, 6.07) is 20.3. The zero-order valence-corrected chi connectivity index (χ0v) is 20.5. The summed E-state index contributed by atoms with van der Waals surface area (Å²) in [7, 11) is 3.14. The van der Waals surface area contributed by atoms with Crippen molar-refractivity contribution in [2.24, 2.45) is 0 Å². The molecule has 0 unspecified atom stereocenters. The highest BCUT2D eigenvalue weighted by molar-refractivity contribution is 6.00. The lowest BCUT2D eigenvalue weighted by Gasteiger charge is -2.10. The van der Waals surface area contributed by atoms with Gasteiger partial charge in [0.05, 0.1) is 25.5 Å². The Morgan fingerprint density at radius 2 is 1.78 bits per heavy atom. The molecule has 0 fully saturated rings. The van der Waals surface area contributed by atoms with Crippen LogP contribution in [0.1, 0.15) is 16.8 Å². The summed E-state index contributed by atoms with van der Waals surface area (Å²) in [6.45, 7) is 0.734. The third-order valence-corrected chi connectivity index (χ3v) is 5.96. The summed E-state index contributed by atoms with van der Waals surface area (Å²) in [5.74, 6) is 0.895. The summed E-state index contributed by atoms with van der Waals surface area (Å²) >= 11 is 0. The third kappa shape index (κ3) is 4.81. The molecule has 1 amide bonds. The lowest BCUT2D eigenvalue weighted by atomic mass is 10.1. The van der Waals surface area contributed by atoms with E-state index in [1.807, 2.05) is 42.5 Å². The van der Waals surface area contributed by atoms with E-state index in [-0.39, 0.29) is 11.6 Å². The molecule has 5 rings (SSSR count). The highest BCUT2D eigenvalue weighted by Crippen LogP contribution is 2.34. The van der Waals surface area contributed by atoms with Crippen molar-refractivity contribution in [2.45, 2.75) is 13.0 Å². The normalized spacial score (nSPS) is 11.0. The number of methoxy groups -OCH3 is 2. The predicted molar refractivity (Wildman–Crippen MR) is 139 cm³/mol. The van der Waals surface area contributed by atoms with Gasteiger partial charge in [0.25, 0.3) is 5.91 Å². The Hall–Kier alpha value is -4.86. The van der Waals surface area contributed by atoms with E-state index in [0.717, 1.165) is 5.69 Å². The number of pyridine rings is 1. The van der Waals surface area contributed by atoms with Crippen molar-refractivity contribution < 1.29 is 14.3 Å². The van der Waals surface area contributed by atoms with Crippen molar-refractivity contribution >= 4 is 11.6 Å². The second-order valence-electron chi connectivity index (χ2n) is 8.28. The van der Waals surface area contributed by atoms with E-state index < -0.39 is 0 Å². The Balaban J connectivity index is 1.38. The van der Waals surface area contributed by atoms with Gasteiger partial charge in [0.1, 0.15) is 17.2 Å². The van der Waals surface area contributed by atoms with Crippen LogP contribution in [-0.4, -0.2) is 50.6 Å². The van der Waals surface area contributed by atoms with Crippen molar-refractivity contribution in [3.63, 3.8) is 0 Å². The highest BCUT2D eigenvalue weighted by atomic mass is 16.5. The van der Waals surface area contributed by atoms with Gasteiger partial charge in [-0.05, 0) is 42.8 Å². The quantitative estimate of drug-likeness (QED) is 0.313. The number of hydrogen-bond acceptors (Lipinski definition) is 6. The van der Waals surface area contributed by atoms with Crippen molar-refractivity contribution in [3.8, 4) is 28.4 Å². The molecule has 3 aromatic heterocycles. The van der Waals surface area contributed by atoms with Crippen molar-refractivity contribution in [1.82, 2.24) is 29.3 Å². The first kappa shape index (κ1) is 23.9. The smallest absolute Gasteiger partial charge is 0.350 e. The number of hydrogen-bond donors (Lipinski definition) is 1. The molecule has 2 aromatic carbocycles. The molecule has 1 N–H and O–H groups in total. The van der Waals surface area contributed by atoms with Gasteiger partial charge in [-0.3, -0.25) is 9.20 Å². The van der Waals surface area contributed by atoms with Crippen LogP contribution in [0.5, 0.6) is 11.5 Å². The van der Waals surface area contributed by atoms with E-state index in [0.29, 0.717) is 53.5 Å². The molecule has 0 aliphatic carbocycles. The van der Waals surface area contributed by atoms with Gasteiger partial charge in [0.2, 0.25) is 0 Å². The lowest BCUT2D eigenvalue weighted by molar-refractivity contribution is 0.0953. The summed E-state index contributed by atoms with van der Waals surface area (Å²) in [4.78, 5) is 25.8. The van der Waals surface area contributed by atoms with Crippen LogP contribution in [0, 0.1) is 0 Å². The number of ether oxygens (including phenoxy) is 2. The van der Waals surface area contributed by atoms with Gasteiger partial charge >= 0.3 is 5.69 Å². The monoisotopic (exact) mass is 498 g/mol. The molecule has 0 bridgehead atoms. The Morgan fingerprint density at radius 1 is 0.973 bits per heavy atom. The number of nitrogens with zero attached hydrogens (tertiary/aromatic N) is 5. The number of fused-ring (bicyclic) bond motifs is 1. The minimum atomic E-state index is -0.280. The first-order valence-electron chi connectivity index (χ1n) is 11.8. The second kappa shape index (κ2) is 10.4. The molecule has 5 aromatic rings. The SMILES string of the molecule is COc1ccc(-c2nn(-c3ccccc3)cc2C(=O)NCCCn2nc3ccccn3c2=O)c(OC)c1. The predicted octanol–water partition coefficient (Wildman–Crippen LogP) is 3.19. The van der Waals surface area contributed by atoms with Crippen LogP contribution in [0.2, 0.25) is 0 Å². The average molecular weight is 499 g/mol. The maximum atomic E-state index is 13.3. The minimum absolute atomic E-state index is 0.208. The van der Waals surface area contributed by atoms with Gasteiger partial charge < -0.3 is 14.8 Å². The molecular formula is C27H26N6O4. The molecule has 3 heterocycles. The minimum Gasteiger partial charge on any atom is -0.497 e. The van der Waals surface area contributed by atoms with E-state index in [4.69, 9.17) is 14.6 Å². The van der Waals surface area contributed by atoms with Crippen molar-refractivity contribution in [3.05, 3.63) is 95.2 Å². The van der Waals surface area contributed by atoms with E-state index in [9.17, 15) is 9.59 Å². The number of carbonyl (C=O) groups excluding carboxylic acids is 1. The van der Waals surface area contributed by atoms with E-state index in [2.05, 4.69) is 10.4 Å². The maximum Gasteiger partial charge on any atom is 0.350 e. The maximum absolute atomic E-state index is 13.3. The number of aryl methyl sites for hydroxylation is 1. The zero-order chi connectivity index (χ0) is 25.8. The van der Waals surface area contributed by atoms with Crippen molar-refractivity contribution in [1.29, 1.82) is 0 Å². The summed E-state index contributed by atoms with van der Waals surface area (Å²) in [6.07, 6.45) is 3.92. The number of para-hydroxylation sites is 1. The summed E-state index contributed by atoms with van der Waals surface area (Å²) in [5.41, 5.74) is 2.75. The number of rotatable bonds is 9. The van der Waals surface area contributed by atoms with E-state index >= 15 is 0 Å². The first-order chi connectivity index (χ1) is 18.1. The molecule has 10 heteroatoms. The molecule has 0 saturated carbocycles. The van der Waals surface area contributed by atoms with E-state index in [1.54, 1.807) is 55.6 Å². The van der Waals surface area contributed by atoms with E-state index in [1.165, 1.54) is 9.08 Å². The number of amides is 1. The van der Waals surface area contributed by atoms with Crippen molar-refractivity contribution in [2.75, 3.05) is 20.8 Å². The third-order valence-electron chi connectivity index (χ3n) is 5.96. The molecule has 10 nitrogen and oxygen atoms in total. The fourth-order valence-electron chi connectivity index (χ4n) is 4.09. The topological polar surface area (TPSA) is 105 Å². The van der Waals surface area contributed by atoms with Gasteiger partial charge in [-0.1, -0.05) is 24.3 Å². The fraction of sp³-hybridized carbons (Fsp3) is 0.185. The van der Waals surface area contributed by atoms with Crippen LogP contribution < -0.4 is 20.5 Å². The highest BCUT2D eigenvalue weighted by Gasteiger charge is 2.21. The molecule has 188 valence electrons. The largest absolute Gasteiger partial charge is 0.497 e. The standard InChI is InChI=1S/C27H26N6O4/c1-36-20-12-13-21(23(17-20)37-2)25-22(18-33(30-25)19-9-4-3-5-10-19)26(34)28-14-8-16-32-27(35)31-15-7-6-11-24(31)29-32/h3-7,9-13,15,17-18H,8,14,16H2,1-2H3,(H,28,34). The van der Waals surface area contributed by atoms with Gasteiger partial charge in [0, 0.05) is 37.1 Å². The zero-order valence-electron chi connectivity index (χ0n) is 20.5. The molecule has 0 saturated heterocycles. The van der Waals surface area contributed by atoms with Gasteiger partial charge in [-0.2, -0.15) is 5.10 Å². The molecule has 0 aliphatic rings. The van der Waals surface area contributed by atoms with Crippen LogP contribution >= 0.6 is 0 Å². The number of benzene rings is 2. The fourth-order valence-corrected chi connectivity index (χ4v) is 4.09. The van der Waals surface area contributed by atoms with Crippen LogP contribution in [0.25, 0.3) is 22.6 Å². The number of nitrogens with one attached hydrogen (secondary N) is 1. The van der Waals surface area contributed by atoms with Gasteiger partial charge in [-0.25, -0.2) is 14.2 Å². The molecule has 37 heavy (non-hydrogen) atoms. The summed E-state index contributed by atoms with van der Waals surface area (Å²) < 4.78 is 15.5. The second-order valence-corrected chi connectivity index (χ2v) is 8.28. The Morgan fingerprint density at radius 3 is 2.54 bits per heavy atom. The van der Waals surface area contributed by atoms with Crippen LogP contribution in [0.3, 0.4) is 0 Å². The average Bonchev–Trinajstić information content (AvgIpc) is 3.53. The first-order valence-corrected chi connectivity index (χ1v) is 11.8. The van der Waals surface area contributed by atoms with Crippen LogP contribution in [-0.2, 0) is 6.54 Å².